The molecule has 0 aliphatic rings. The lowest BCUT2D eigenvalue weighted by Gasteiger charge is -2.22. The first-order chi connectivity index (χ1) is 14.4. The van der Waals surface area contributed by atoms with Crippen LogP contribution in [0.3, 0.4) is 0 Å². The van der Waals surface area contributed by atoms with Gasteiger partial charge in [-0.1, -0.05) is 36.4 Å². The molecule has 0 unspecified atom stereocenters. The van der Waals surface area contributed by atoms with Crippen molar-refractivity contribution in [1.82, 2.24) is 14.3 Å². The van der Waals surface area contributed by atoms with E-state index in [1.54, 1.807) is 54.9 Å². The molecule has 152 valence electrons. The SMILES string of the molecule is Cc1ccc2cc(CN(Cc3cccnc3)S(=O)(=O)c3ccccc3)c(=O)[nH]c2c1. The van der Waals surface area contributed by atoms with Crippen LogP contribution in [0.5, 0.6) is 0 Å². The number of aromatic nitrogens is 2. The molecule has 2 aromatic heterocycles. The van der Waals surface area contributed by atoms with E-state index in [4.69, 9.17) is 0 Å². The van der Waals surface area contributed by atoms with Gasteiger partial charge in [0.05, 0.1) is 4.90 Å². The molecule has 0 aliphatic heterocycles. The standard InChI is InChI=1S/C23H21N3O3S/c1-17-9-10-19-13-20(23(27)25-22(19)12-17)16-26(15-18-6-5-11-24-14-18)30(28,29)21-7-3-2-4-8-21/h2-14H,15-16H2,1H3,(H,25,27). The van der Waals surface area contributed by atoms with E-state index in [1.807, 2.05) is 31.2 Å². The third-order valence-electron chi connectivity index (χ3n) is 4.89. The Morgan fingerprint density at radius 2 is 1.77 bits per heavy atom. The van der Waals surface area contributed by atoms with Crippen molar-refractivity contribution in [2.45, 2.75) is 24.9 Å². The maximum Gasteiger partial charge on any atom is 0.252 e. The zero-order valence-corrected chi connectivity index (χ0v) is 17.3. The molecular formula is C23H21N3O3S. The van der Waals surface area contributed by atoms with Crippen LogP contribution in [0.1, 0.15) is 16.7 Å². The Bertz CT molecular complexity index is 1330. The summed E-state index contributed by atoms with van der Waals surface area (Å²) in [6, 6.07) is 19.3. The summed E-state index contributed by atoms with van der Waals surface area (Å²) >= 11 is 0. The number of aromatic amines is 1. The van der Waals surface area contributed by atoms with Crippen LogP contribution in [-0.4, -0.2) is 22.7 Å². The predicted octanol–water partition coefficient (Wildman–Crippen LogP) is 3.62. The lowest BCUT2D eigenvalue weighted by atomic mass is 10.1. The van der Waals surface area contributed by atoms with Crippen molar-refractivity contribution in [2.24, 2.45) is 0 Å². The zero-order valence-electron chi connectivity index (χ0n) is 16.4. The normalized spacial score (nSPS) is 11.8. The second kappa shape index (κ2) is 8.22. The van der Waals surface area contributed by atoms with Gasteiger partial charge >= 0.3 is 0 Å². The van der Waals surface area contributed by atoms with Gasteiger partial charge in [0, 0.05) is 36.6 Å². The molecule has 0 fully saturated rings. The van der Waals surface area contributed by atoms with E-state index in [1.165, 1.54) is 4.31 Å². The molecule has 4 rings (SSSR count). The van der Waals surface area contributed by atoms with Gasteiger partial charge in [-0.15, -0.1) is 0 Å². The Labute approximate surface area is 174 Å². The number of benzene rings is 2. The Kier molecular flexibility index (Phi) is 5.48. The minimum atomic E-state index is -3.82. The second-order valence-electron chi connectivity index (χ2n) is 7.16. The molecule has 7 heteroatoms. The Balaban J connectivity index is 1.77. The van der Waals surface area contributed by atoms with Crippen LogP contribution in [0.2, 0.25) is 0 Å². The van der Waals surface area contributed by atoms with Crippen molar-refractivity contribution >= 4 is 20.9 Å². The number of pyridine rings is 2. The van der Waals surface area contributed by atoms with Crippen molar-refractivity contribution in [3.05, 3.63) is 106 Å². The largest absolute Gasteiger partial charge is 0.322 e. The van der Waals surface area contributed by atoms with Gasteiger partial charge in [-0.3, -0.25) is 9.78 Å². The molecule has 2 heterocycles. The lowest BCUT2D eigenvalue weighted by Crippen LogP contribution is -2.32. The van der Waals surface area contributed by atoms with Crippen LogP contribution >= 0.6 is 0 Å². The topological polar surface area (TPSA) is 83.1 Å². The highest BCUT2D eigenvalue weighted by Gasteiger charge is 2.26. The first kappa shape index (κ1) is 20.0. The van der Waals surface area contributed by atoms with Crippen LogP contribution in [0.25, 0.3) is 10.9 Å². The molecule has 30 heavy (non-hydrogen) atoms. The average Bonchev–Trinajstić information content (AvgIpc) is 2.75. The molecule has 0 saturated carbocycles. The third-order valence-corrected chi connectivity index (χ3v) is 6.69. The van der Waals surface area contributed by atoms with E-state index in [-0.39, 0.29) is 23.5 Å². The van der Waals surface area contributed by atoms with E-state index in [9.17, 15) is 13.2 Å². The number of aryl methyl sites for hydroxylation is 1. The molecule has 0 spiro atoms. The molecule has 4 aromatic rings. The maximum atomic E-state index is 13.4. The van der Waals surface area contributed by atoms with Gasteiger partial charge in [-0.25, -0.2) is 8.42 Å². The van der Waals surface area contributed by atoms with Crippen molar-refractivity contribution < 1.29 is 8.42 Å². The van der Waals surface area contributed by atoms with Gasteiger partial charge in [-0.2, -0.15) is 4.31 Å². The van der Waals surface area contributed by atoms with E-state index in [0.29, 0.717) is 5.56 Å². The number of rotatable bonds is 6. The number of nitrogens with zero attached hydrogens (tertiary/aromatic N) is 2. The molecule has 0 aliphatic carbocycles. The molecule has 6 nitrogen and oxygen atoms in total. The van der Waals surface area contributed by atoms with E-state index < -0.39 is 10.0 Å². The predicted molar refractivity (Wildman–Crippen MR) is 116 cm³/mol. The fourth-order valence-electron chi connectivity index (χ4n) is 3.33. The maximum absolute atomic E-state index is 13.4. The smallest absolute Gasteiger partial charge is 0.252 e. The monoisotopic (exact) mass is 419 g/mol. The summed E-state index contributed by atoms with van der Waals surface area (Å²) in [4.78, 5) is 19.8. The van der Waals surface area contributed by atoms with Gasteiger partial charge in [0.15, 0.2) is 0 Å². The number of sulfonamides is 1. The highest BCUT2D eigenvalue weighted by atomic mass is 32.2. The molecule has 0 radical (unpaired) electrons. The molecule has 2 aromatic carbocycles. The van der Waals surface area contributed by atoms with E-state index in [0.717, 1.165) is 22.0 Å². The molecule has 0 saturated heterocycles. The molecule has 0 atom stereocenters. The minimum Gasteiger partial charge on any atom is -0.322 e. The highest BCUT2D eigenvalue weighted by Crippen LogP contribution is 2.21. The molecule has 1 N–H and O–H groups in total. The first-order valence-corrected chi connectivity index (χ1v) is 10.9. The van der Waals surface area contributed by atoms with Crippen molar-refractivity contribution in [3.63, 3.8) is 0 Å². The second-order valence-corrected chi connectivity index (χ2v) is 9.10. The molecule has 0 bridgehead atoms. The summed E-state index contributed by atoms with van der Waals surface area (Å²) in [5, 5.41) is 0.855. The summed E-state index contributed by atoms with van der Waals surface area (Å²) in [7, 11) is -3.82. The summed E-state index contributed by atoms with van der Waals surface area (Å²) in [6.45, 7) is 2.01. The zero-order chi connectivity index (χ0) is 21.1. The first-order valence-electron chi connectivity index (χ1n) is 9.50. The van der Waals surface area contributed by atoms with Gasteiger partial charge in [0.25, 0.3) is 5.56 Å². The number of hydrogen-bond donors (Lipinski definition) is 1. The van der Waals surface area contributed by atoms with Gasteiger partial charge in [0.2, 0.25) is 10.0 Å². The number of hydrogen-bond acceptors (Lipinski definition) is 4. The number of nitrogens with one attached hydrogen (secondary N) is 1. The van der Waals surface area contributed by atoms with Crippen LogP contribution in [0, 0.1) is 6.92 Å². The Hall–Kier alpha value is -3.29. The quantitative estimate of drug-likeness (QED) is 0.517. The average molecular weight is 420 g/mol. The van der Waals surface area contributed by atoms with Gasteiger partial charge < -0.3 is 4.98 Å². The lowest BCUT2D eigenvalue weighted by molar-refractivity contribution is 0.399. The van der Waals surface area contributed by atoms with Crippen LogP contribution in [-0.2, 0) is 23.1 Å². The number of fused-ring (bicyclic) bond motifs is 1. The fourth-order valence-corrected chi connectivity index (χ4v) is 4.76. The highest BCUT2D eigenvalue weighted by molar-refractivity contribution is 7.89. The summed E-state index contributed by atoms with van der Waals surface area (Å²) in [5.74, 6) is 0. The summed E-state index contributed by atoms with van der Waals surface area (Å²) in [5.41, 5.74) is 2.59. The van der Waals surface area contributed by atoms with Gasteiger partial charge in [-0.05, 0) is 53.8 Å². The van der Waals surface area contributed by atoms with Crippen LogP contribution < -0.4 is 5.56 Å². The minimum absolute atomic E-state index is 0.0503. The van der Waals surface area contributed by atoms with E-state index in [2.05, 4.69) is 9.97 Å². The van der Waals surface area contributed by atoms with Crippen molar-refractivity contribution in [3.8, 4) is 0 Å². The molecule has 0 amide bonds. The van der Waals surface area contributed by atoms with Crippen LogP contribution in [0.15, 0.2) is 88.8 Å². The van der Waals surface area contributed by atoms with Gasteiger partial charge in [0.1, 0.15) is 0 Å². The number of H-pyrrole nitrogens is 1. The van der Waals surface area contributed by atoms with E-state index >= 15 is 0 Å². The summed E-state index contributed by atoms with van der Waals surface area (Å²) < 4.78 is 28.0. The Morgan fingerprint density at radius 3 is 2.50 bits per heavy atom. The summed E-state index contributed by atoms with van der Waals surface area (Å²) in [6.07, 6.45) is 3.26. The molecular weight excluding hydrogens is 398 g/mol. The third kappa shape index (κ3) is 4.17. The van der Waals surface area contributed by atoms with Crippen LogP contribution in [0.4, 0.5) is 0 Å². The van der Waals surface area contributed by atoms with Crippen molar-refractivity contribution in [1.29, 1.82) is 0 Å². The van der Waals surface area contributed by atoms with Crippen molar-refractivity contribution in [2.75, 3.05) is 0 Å². The fraction of sp³-hybridized carbons (Fsp3) is 0.130. The Morgan fingerprint density at radius 1 is 0.967 bits per heavy atom.